The number of nitro groups is 1. The van der Waals surface area contributed by atoms with Crippen molar-refractivity contribution in [1.29, 1.82) is 0 Å². The van der Waals surface area contributed by atoms with Crippen molar-refractivity contribution in [3.8, 4) is 0 Å². The number of thiophene rings is 1. The fraction of sp³-hybridized carbons (Fsp3) is 0.100. The molecule has 0 saturated heterocycles. The summed E-state index contributed by atoms with van der Waals surface area (Å²) in [5.41, 5.74) is 0.988. The first-order chi connectivity index (χ1) is 7.24. The number of hydrogen-bond acceptors (Lipinski definition) is 3. The molecule has 0 N–H and O–H groups in total. The zero-order valence-electron chi connectivity index (χ0n) is 7.64. The van der Waals surface area contributed by atoms with Gasteiger partial charge < -0.3 is 4.85 Å². The number of nitro benzene ring substituents is 1. The van der Waals surface area contributed by atoms with Crippen LogP contribution in [-0.2, 0) is 6.54 Å². The molecule has 0 atom stereocenters. The lowest BCUT2D eigenvalue weighted by molar-refractivity contribution is -0.382. The van der Waals surface area contributed by atoms with Gasteiger partial charge in [0.1, 0.15) is 4.70 Å². The van der Waals surface area contributed by atoms with Crippen molar-refractivity contribution in [2.45, 2.75) is 6.54 Å². The summed E-state index contributed by atoms with van der Waals surface area (Å²) in [6, 6.07) is 4.96. The highest BCUT2D eigenvalue weighted by atomic mass is 32.1. The minimum Gasteiger partial charge on any atom is -0.312 e. The molecule has 0 bridgehead atoms. The van der Waals surface area contributed by atoms with Crippen molar-refractivity contribution in [2.75, 3.05) is 0 Å². The van der Waals surface area contributed by atoms with Gasteiger partial charge in [0.2, 0.25) is 6.54 Å². The van der Waals surface area contributed by atoms with E-state index in [9.17, 15) is 10.1 Å². The van der Waals surface area contributed by atoms with Crippen molar-refractivity contribution >= 4 is 27.1 Å². The second kappa shape index (κ2) is 3.67. The van der Waals surface area contributed by atoms with Gasteiger partial charge in [0.15, 0.2) is 0 Å². The molecule has 15 heavy (non-hydrogen) atoms. The van der Waals surface area contributed by atoms with Gasteiger partial charge in [-0.2, -0.15) is 0 Å². The third-order valence-electron chi connectivity index (χ3n) is 2.11. The van der Waals surface area contributed by atoms with Gasteiger partial charge in [-0.3, -0.25) is 10.1 Å². The molecular weight excluding hydrogens is 212 g/mol. The van der Waals surface area contributed by atoms with Crippen LogP contribution >= 0.6 is 11.3 Å². The van der Waals surface area contributed by atoms with Crippen molar-refractivity contribution < 1.29 is 4.92 Å². The molecule has 1 aromatic carbocycles. The normalized spacial score (nSPS) is 10.1. The van der Waals surface area contributed by atoms with Gasteiger partial charge in [0.05, 0.1) is 4.92 Å². The molecule has 0 aliphatic rings. The molecule has 0 aliphatic carbocycles. The van der Waals surface area contributed by atoms with E-state index < -0.39 is 0 Å². The average Bonchev–Trinajstić information content (AvgIpc) is 2.62. The third-order valence-corrected chi connectivity index (χ3v) is 3.17. The highest BCUT2D eigenvalue weighted by Gasteiger charge is 2.15. The second-order valence-electron chi connectivity index (χ2n) is 2.99. The van der Waals surface area contributed by atoms with E-state index >= 15 is 0 Å². The fourth-order valence-corrected chi connectivity index (χ4v) is 2.50. The quantitative estimate of drug-likeness (QED) is 0.441. The maximum absolute atomic E-state index is 10.7. The Morgan fingerprint density at radius 1 is 1.53 bits per heavy atom. The number of nitrogens with zero attached hydrogens (tertiary/aromatic N) is 2. The molecule has 0 saturated carbocycles. The van der Waals surface area contributed by atoms with Gasteiger partial charge in [-0.05, 0) is 0 Å². The molecule has 1 heterocycles. The fourth-order valence-electron chi connectivity index (χ4n) is 1.45. The van der Waals surface area contributed by atoms with Crippen molar-refractivity contribution in [1.82, 2.24) is 0 Å². The summed E-state index contributed by atoms with van der Waals surface area (Å²) in [6.45, 7) is 7.07. The average molecular weight is 218 g/mol. The number of hydrogen-bond donors (Lipinski definition) is 0. The molecule has 0 radical (unpaired) electrons. The van der Waals surface area contributed by atoms with Crippen molar-refractivity contribution in [3.63, 3.8) is 0 Å². The lowest BCUT2D eigenvalue weighted by Crippen LogP contribution is -1.87. The zero-order chi connectivity index (χ0) is 10.8. The molecule has 0 fully saturated rings. The maximum atomic E-state index is 10.7. The lowest BCUT2D eigenvalue weighted by atomic mass is 10.1. The van der Waals surface area contributed by atoms with Gasteiger partial charge >= 0.3 is 0 Å². The number of fused-ring (bicyclic) bond motifs is 1. The van der Waals surface area contributed by atoms with Gasteiger partial charge in [-0.1, -0.05) is 12.1 Å². The van der Waals surface area contributed by atoms with Crippen LogP contribution in [0.1, 0.15) is 5.56 Å². The Morgan fingerprint density at radius 3 is 3.00 bits per heavy atom. The second-order valence-corrected chi connectivity index (χ2v) is 3.87. The molecule has 5 heteroatoms. The van der Waals surface area contributed by atoms with E-state index in [1.165, 1.54) is 17.4 Å². The van der Waals surface area contributed by atoms with Gasteiger partial charge in [0.25, 0.3) is 5.69 Å². The predicted octanol–water partition coefficient (Wildman–Crippen LogP) is 3.23. The van der Waals surface area contributed by atoms with Gasteiger partial charge in [-0.25, -0.2) is 6.57 Å². The molecule has 0 amide bonds. The summed E-state index contributed by atoms with van der Waals surface area (Å²) in [4.78, 5) is 13.6. The van der Waals surface area contributed by atoms with Gasteiger partial charge in [0, 0.05) is 22.4 Å². The Balaban J connectivity index is 2.70. The summed E-state index contributed by atoms with van der Waals surface area (Å²) < 4.78 is 0.654. The number of benzene rings is 1. The molecule has 2 aromatic rings. The van der Waals surface area contributed by atoms with Crippen LogP contribution in [0.2, 0.25) is 0 Å². The molecule has 2 rings (SSSR count). The van der Waals surface area contributed by atoms with Crippen LogP contribution in [0.4, 0.5) is 5.69 Å². The van der Waals surface area contributed by atoms with Crippen LogP contribution in [0.5, 0.6) is 0 Å². The highest BCUT2D eigenvalue weighted by Crippen LogP contribution is 2.33. The molecule has 74 valence electrons. The van der Waals surface area contributed by atoms with Gasteiger partial charge in [-0.15, -0.1) is 11.3 Å². The first-order valence-corrected chi connectivity index (χ1v) is 5.08. The van der Waals surface area contributed by atoms with Crippen LogP contribution in [0.15, 0.2) is 23.6 Å². The molecule has 1 aromatic heterocycles. The molecule has 0 unspecified atom stereocenters. The number of rotatable bonds is 2. The smallest absolute Gasteiger partial charge is 0.287 e. The predicted molar refractivity (Wildman–Crippen MR) is 58.8 cm³/mol. The molecular formula is C10H6N2O2S. The third kappa shape index (κ3) is 1.55. The Hall–Kier alpha value is -1.93. The van der Waals surface area contributed by atoms with Crippen molar-refractivity contribution in [3.05, 3.63) is 50.7 Å². The van der Waals surface area contributed by atoms with E-state index in [0.717, 1.165) is 10.9 Å². The molecule has 4 nitrogen and oxygen atoms in total. The Morgan fingerprint density at radius 2 is 2.33 bits per heavy atom. The van der Waals surface area contributed by atoms with E-state index in [0.29, 0.717) is 4.70 Å². The SMILES string of the molecule is [C-]#[N+]Cc1csc2c([N+](=O)[O-])cccc12. The van der Waals surface area contributed by atoms with E-state index in [1.54, 1.807) is 6.07 Å². The van der Waals surface area contributed by atoms with Crippen LogP contribution in [0, 0.1) is 16.7 Å². The minimum absolute atomic E-state index is 0.119. The summed E-state index contributed by atoms with van der Waals surface area (Å²) in [5, 5.41) is 13.4. The molecule has 0 aliphatic heterocycles. The van der Waals surface area contributed by atoms with E-state index in [-0.39, 0.29) is 17.2 Å². The van der Waals surface area contributed by atoms with E-state index in [2.05, 4.69) is 4.85 Å². The van der Waals surface area contributed by atoms with Crippen LogP contribution < -0.4 is 0 Å². The summed E-state index contributed by atoms with van der Waals surface area (Å²) in [6.07, 6.45) is 0. The van der Waals surface area contributed by atoms with Crippen LogP contribution in [0.3, 0.4) is 0 Å². The first kappa shape index (κ1) is 9.62. The standard InChI is InChI=1S/C10H6N2O2S/c1-11-5-7-6-15-10-8(7)3-2-4-9(10)12(13)14/h2-4,6H,5H2. The van der Waals surface area contributed by atoms with Crippen LogP contribution in [-0.4, -0.2) is 4.92 Å². The zero-order valence-corrected chi connectivity index (χ0v) is 8.45. The Bertz CT molecular complexity index is 568. The minimum atomic E-state index is -0.388. The first-order valence-electron chi connectivity index (χ1n) is 4.20. The Kier molecular flexibility index (Phi) is 2.35. The monoisotopic (exact) mass is 218 g/mol. The molecule has 0 spiro atoms. The van der Waals surface area contributed by atoms with E-state index in [1.807, 2.05) is 11.4 Å². The van der Waals surface area contributed by atoms with E-state index in [4.69, 9.17) is 6.57 Å². The largest absolute Gasteiger partial charge is 0.312 e. The van der Waals surface area contributed by atoms with Crippen LogP contribution in [0.25, 0.3) is 14.9 Å². The Labute approximate surface area is 89.7 Å². The summed E-state index contributed by atoms with van der Waals surface area (Å²) in [5.74, 6) is 0. The number of non-ortho nitro benzene ring substituents is 1. The van der Waals surface area contributed by atoms with Crippen molar-refractivity contribution in [2.24, 2.45) is 0 Å². The highest BCUT2D eigenvalue weighted by molar-refractivity contribution is 7.18. The maximum Gasteiger partial charge on any atom is 0.287 e. The summed E-state index contributed by atoms with van der Waals surface area (Å²) >= 11 is 1.32. The topological polar surface area (TPSA) is 47.5 Å². The summed E-state index contributed by atoms with van der Waals surface area (Å²) in [7, 11) is 0. The lowest BCUT2D eigenvalue weighted by Gasteiger charge is -1.93.